The maximum atomic E-state index is 12.6. The summed E-state index contributed by atoms with van der Waals surface area (Å²) in [7, 11) is 0. The first-order chi connectivity index (χ1) is 8.22. The molecular weight excluding hydrogens is 252 g/mol. The van der Waals surface area contributed by atoms with E-state index in [9.17, 15) is 4.79 Å². The zero-order chi connectivity index (χ0) is 12.3. The predicted molar refractivity (Wildman–Crippen MR) is 73.8 cm³/mol. The van der Waals surface area contributed by atoms with Gasteiger partial charge in [0.15, 0.2) is 0 Å². The normalized spacial score (nSPS) is 26.8. The van der Waals surface area contributed by atoms with E-state index in [0.717, 1.165) is 32.4 Å². The molecule has 1 amide bonds. The lowest BCUT2D eigenvalue weighted by Gasteiger charge is -2.37. The van der Waals surface area contributed by atoms with Gasteiger partial charge in [0.25, 0.3) is 0 Å². The molecule has 2 rings (SSSR count). The lowest BCUT2D eigenvalue weighted by Crippen LogP contribution is -2.50. The molecule has 106 valence electrons. The summed E-state index contributed by atoms with van der Waals surface area (Å²) >= 11 is 0. The molecule has 0 bridgehead atoms. The molecule has 2 saturated heterocycles. The van der Waals surface area contributed by atoms with Crippen LogP contribution in [0.5, 0.6) is 0 Å². The SMILES string of the molecule is CCC1CCN(C(=O)C2(CN)CCOCC2)C1.Cl. The maximum absolute atomic E-state index is 12.6. The van der Waals surface area contributed by atoms with Gasteiger partial charge in [0, 0.05) is 32.8 Å². The molecule has 1 unspecified atom stereocenters. The fraction of sp³-hybridized carbons (Fsp3) is 0.923. The molecule has 2 heterocycles. The van der Waals surface area contributed by atoms with Crippen molar-refractivity contribution in [1.82, 2.24) is 4.90 Å². The van der Waals surface area contributed by atoms with Crippen molar-refractivity contribution in [2.75, 3.05) is 32.8 Å². The zero-order valence-electron chi connectivity index (χ0n) is 11.2. The second kappa shape index (κ2) is 6.73. The van der Waals surface area contributed by atoms with Crippen molar-refractivity contribution in [2.24, 2.45) is 17.1 Å². The number of carbonyl (C=O) groups is 1. The first-order valence-electron chi connectivity index (χ1n) is 6.79. The van der Waals surface area contributed by atoms with E-state index in [0.29, 0.717) is 25.7 Å². The smallest absolute Gasteiger partial charge is 0.230 e. The number of ether oxygens (including phenoxy) is 1. The van der Waals surface area contributed by atoms with Crippen molar-refractivity contribution in [3.63, 3.8) is 0 Å². The maximum Gasteiger partial charge on any atom is 0.230 e. The van der Waals surface area contributed by atoms with Crippen molar-refractivity contribution < 1.29 is 9.53 Å². The van der Waals surface area contributed by atoms with Gasteiger partial charge in [0.1, 0.15) is 0 Å². The third-order valence-electron chi connectivity index (χ3n) is 4.44. The van der Waals surface area contributed by atoms with Crippen LogP contribution in [0.1, 0.15) is 32.6 Å². The molecule has 18 heavy (non-hydrogen) atoms. The predicted octanol–water partition coefficient (Wildman–Crippen LogP) is 1.42. The highest BCUT2D eigenvalue weighted by molar-refractivity contribution is 5.85. The summed E-state index contributed by atoms with van der Waals surface area (Å²) in [4.78, 5) is 14.6. The highest BCUT2D eigenvalue weighted by atomic mass is 35.5. The highest BCUT2D eigenvalue weighted by Gasteiger charge is 2.42. The standard InChI is InChI=1S/C13H24N2O2.ClH/c1-2-11-3-6-15(9-11)12(16)13(10-14)4-7-17-8-5-13;/h11H,2-10,14H2,1H3;1H. The summed E-state index contributed by atoms with van der Waals surface area (Å²) in [5, 5.41) is 0. The Balaban J connectivity index is 0.00000162. The summed E-state index contributed by atoms with van der Waals surface area (Å²) in [6.07, 6.45) is 3.90. The first kappa shape index (κ1) is 15.7. The molecule has 2 aliphatic heterocycles. The number of carbonyl (C=O) groups excluding carboxylic acids is 1. The molecular formula is C13H25ClN2O2. The summed E-state index contributed by atoms with van der Waals surface area (Å²) in [5.41, 5.74) is 5.54. The van der Waals surface area contributed by atoms with Crippen LogP contribution in [-0.4, -0.2) is 43.7 Å². The van der Waals surface area contributed by atoms with Crippen LogP contribution in [0.25, 0.3) is 0 Å². The zero-order valence-corrected chi connectivity index (χ0v) is 12.0. The number of rotatable bonds is 3. The van der Waals surface area contributed by atoms with Crippen LogP contribution in [0.3, 0.4) is 0 Å². The molecule has 2 N–H and O–H groups in total. The van der Waals surface area contributed by atoms with Crippen molar-refractivity contribution in [1.29, 1.82) is 0 Å². The number of hydrogen-bond acceptors (Lipinski definition) is 3. The van der Waals surface area contributed by atoms with E-state index in [2.05, 4.69) is 6.92 Å². The molecule has 5 heteroatoms. The van der Waals surface area contributed by atoms with E-state index >= 15 is 0 Å². The molecule has 1 atom stereocenters. The number of hydrogen-bond donors (Lipinski definition) is 1. The van der Waals surface area contributed by atoms with E-state index in [1.807, 2.05) is 4.90 Å². The summed E-state index contributed by atoms with van der Waals surface area (Å²) in [5.74, 6) is 0.966. The minimum absolute atomic E-state index is 0. The van der Waals surface area contributed by atoms with Gasteiger partial charge in [0.05, 0.1) is 5.41 Å². The van der Waals surface area contributed by atoms with Crippen molar-refractivity contribution in [3.05, 3.63) is 0 Å². The van der Waals surface area contributed by atoms with Gasteiger partial charge >= 0.3 is 0 Å². The van der Waals surface area contributed by atoms with Gasteiger partial charge in [-0.15, -0.1) is 12.4 Å². The van der Waals surface area contributed by atoms with Crippen LogP contribution >= 0.6 is 12.4 Å². The number of nitrogens with two attached hydrogens (primary N) is 1. The molecule has 4 nitrogen and oxygen atoms in total. The second-order valence-electron chi connectivity index (χ2n) is 5.41. The number of halogens is 1. The Morgan fingerprint density at radius 1 is 1.44 bits per heavy atom. The Labute approximate surface area is 116 Å². The Hall–Kier alpha value is -0.320. The minimum atomic E-state index is -0.332. The van der Waals surface area contributed by atoms with Crippen LogP contribution in [0.15, 0.2) is 0 Å². The largest absolute Gasteiger partial charge is 0.381 e. The highest BCUT2D eigenvalue weighted by Crippen LogP contribution is 2.33. The van der Waals surface area contributed by atoms with Crippen LogP contribution < -0.4 is 5.73 Å². The molecule has 0 aromatic rings. The van der Waals surface area contributed by atoms with E-state index in [1.165, 1.54) is 6.42 Å². The number of nitrogens with zero attached hydrogens (tertiary/aromatic N) is 1. The monoisotopic (exact) mass is 276 g/mol. The second-order valence-corrected chi connectivity index (χ2v) is 5.41. The van der Waals surface area contributed by atoms with Gasteiger partial charge in [-0.25, -0.2) is 0 Å². The minimum Gasteiger partial charge on any atom is -0.381 e. The van der Waals surface area contributed by atoms with Gasteiger partial charge in [-0.3, -0.25) is 4.79 Å². The fourth-order valence-electron chi connectivity index (χ4n) is 2.95. The van der Waals surface area contributed by atoms with Crippen LogP contribution in [0, 0.1) is 11.3 Å². The summed E-state index contributed by atoms with van der Waals surface area (Å²) < 4.78 is 5.36. The number of likely N-dealkylation sites (tertiary alicyclic amines) is 1. The van der Waals surface area contributed by atoms with E-state index in [-0.39, 0.29) is 23.7 Å². The molecule has 0 radical (unpaired) electrons. The summed E-state index contributed by atoms with van der Waals surface area (Å²) in [6.45, 7) is 5.86. The molecule has 0 aromatic carbocycles. The molecule has 0 saturated carbocycles. The van der Waals surface area contributed by atoms with Crippen LogP contribution in [0.2, 0.25) is 0 Å². The average Bonchev–Trinajstić information content (AvgIpc) is 2.87. The first-order valence-corrected chi connectivity index (χ1v) is 6.79. The van der Waals surface area contributed by atoms with E-state index in [1.54, 1.807) is 0 Å². The average molecular weight is 277 g/mol. The fourth-order valence-corrected chi connectivity index (χ4v) is 2.95. The lowest BCUT2D eigenvalue weighted by atomic mass is 9.79. The Morgan fingerprint density at radius 3 is 2.61 bits per heavy atom. The van der Waals surface area contributed by atoms with Gasteiger partial charge in [-0.1, -0.05) is 13.3 Å². The third kappa shape index (κ3) is 2.98. The third-order valence-corrected chi connectivity index (χ3v) is 4.44. The van der Waals surface area contributed by atoms with Crippen LogP contribution in [-0.2, 0) is 9.53 Å². The molecule has 0 aliphatic carbocycles. The Bertz CT molecular complexity index is 280. The van der Waals surface area contributed by atoms with Gasteiger partial charge < -0.3 is 15.4 Å². The molecule has 2 fully saturated rings. The van der Waals surface area contributed by atoms with Gasteiger partial charge in [-0.05, 0) is 25.2 Å². The number of amides is 1. The van der Waals surface area contributed by atoms with Crippen molar-refractivity contribution in [2.45, 2.75) is 32.6 Å². The molecule has 2 aliphatic rings. The summed E-state index contributed by atoms with van der Waals surface area (Å²) in [6, 6.07) is 0. The lowest BCUT2D eigenvalue weighted by molar-refractivity contribution is -0.146. The Morgan fingerprint density at radius 2 is 2.11 bits per heavy atom. The quantitative estimate of drug-likeness (QED) is 0.848. The molecule has 0 spiro atoms. The van der Waals surface area contributed by atoms with E-state index in [4.69, 9.17) is 10.5 Å². The van der Waals surface area contributed by atoms with E-state index < -0.39 is 0 Å². The van der Waals surface area contributed by atoms with Crippen molar-refractivity contribution >= 4 is 18.3 Å². The topological polar surface area (TPSA) is 55.6 Å². The van der Waals surface area contributed by atoms with Gasteiger partial charge in [0.2, 0.25) is 5.91 Å². The Kier molecular flexibility index (Phi) is 5.89. The molecule has 0 aromatic heterocycles. The van der Waals surface area contributed by atoms with Crippen LogP contribution in [0.4, 0.5) is 0 Å². The van der Waals surface area contributed by atoms with Crippen molar-refractivity contribution in [3.8, 4) is 0 Å². The van der Waals surface area contributed by atoms with Gasteiger partial charge in [-0.2, -0.15) is 0 Å².